The van der Waals surface area contributed by atoms with Crippen LogP contribution in [0.5, 0.6) is 0 Å². The monoisotopic (exact) mass is 288 g/mol. The molecule has 0 aliphatic carbocycles. The van der Waals surface area contributed by atoms with Gasteiger partial charge in [0.1, 0.15) is 0 Å². The SMILES string of the molecule is CCCCCCCCCC(O)CCCC[C@@H](O)[C@H](C)O. The van der Waals surface area contributed by atoms with Crippen LogP contribution < -0.4 is 0 Å². The lowest BCUT2D eigenvalue weighted by molar-refractivity contribution is 0.0240. The van der Waals surface area contributed by atoms with E-state index >= 15 is 0 Å². The molecule has 3 nitrogen and oxygen atoms in total. The van der Waals surface area contributed by atoms with Gasteiger partial charge in [0.2, 0.25) is 0 Å². The van der Waals surface area contributed by atoms with Gasteiger partial charge in [-0.1, -0.05) is 64.7 Å². The molecular weight excluding hydrogens is 252 g/mol. The number of hydrogen-bond donors (Lipinski definition) is 3. The fourth-order valence-electron chi connectivity index (χ4n) is 2.46. The Hall–Kier alpha value is -0.120. The second kappa shape index (κ2) is 13.8. The lowest BCUT2D eigenvalue weighted by Crippen LogP contribution is -2.22. The number of unbranched alkanes of at least 4 members (excludes halogenated alkanes) is 7. The van der Waals surface area contributed by atoms with E-state index in [1.165, 1.54) is 38.5 Å². The van der Waals surface area contributed by atoms with E-state index in [-0.39, 0.29) is 6.10 Å². The van der Waals surface area contributed by atoms with Crippen LogP contribution in [0.4, 0.5) is 0 Å². The molecule has 0 rings (SSSR count). The maximum Gasteiger partial charge on any atom is 0.0796 e. The van der Waals surface area contributed by atoms with Gasteiger partial charge >= 0.3 is 0 Å². The van der Waals surface area contributed by atoms with Gasteiger partial charge in [-0.2, -0.15) is 0 Å². The molecule has 0 aliphatic heterocycles. The lowest BCUT2D eigenvalue weighted by atomic mass is 10.0. The van der Waals surface area contributed by atoms with Crippen LogP contribution in [-0.2, 0) is 0 Å². The number of rotatable bonds is 14. The summed E-state index contributed by atoms with van der Waals surface area (Å²) in [4.78, 5) is 0. The zero-order valence-electron chi connectivity index (χ0n) is 13.6. The molecule has 3 N–H and O–H groups in total. The highest BCUT2D eigenvalue weighted by Crippen LogP contribution is 2.14. The highest BCUT2D eigenvalue weighted by molar-refractivity contribution is 4.63. The Balaban J connectivity index is 3.26. The van der Waals surface area contributed by atoms with Crippen molar-refractivity contribution in [3.8, 4) is 0 Å². The second-order valence-corrected chi connectivity index (χ2v) is 6.16. The Morgan fingerprint density at radius 3 is 1.65 bits per heavy atom. The van der Waals surface area contributed by atoms with Crippen molar-refractivity contribution < 1.29 is 15.3 Å². The van der Waals surface area contributed by atoms with Crippen molar-refractivity contribution in [2.24, 2.45) is 0 Å². The first-order valence-electron chi connectivity index (χ1n) is 8.62. The molecule has 0 spiro atoms. The molecule has 0 aromatic carbocycles. The molecule has 0 aliphatic rings. The lowest BCUT2D eigenvalue weighted by Gasteiger charge is -2.14. The molecule has 0 radical (unpaired) electrons. The van der Waals surface area contributed by atoms with Gasteiger partial charge in [-0.3, -0.25) is 0 Å². The summed E-state index contributed by atoms with van der Waals surface area (Å²) in [5.41, 5.74) is 0. The van der Waals surface area contributed by atoms with Crippen LogP contribution in [0.3, 0.4) is 0 Å². The third-order valence-corrected chi connectivity index (χ3v) is 3.98. The fourth-order valence-corrected chi connectivity index (χ4v) is 2.46. The van der Waals surface area contributed by atoms with E-state index < -0.39 is 12.2 Å². The normalized spacial score (nSPS) is 16.1. The van der Waals surface area contributed by atoms with Crippen molar-refractivity contribution >= 4 is 0 Å². The summed E-state index contributed by atoms with van der Waals surface area (Å²) < 4.78 is 0. The first-order chi connectivity index (χ1) is 9.57. The van der Waals surface area contributed by atoms with Crippen molar-refractivity contribution in [1.29, 1.82) is 0 Å². The molecule has 3 heteroatoms. The predicted octanol–water partition coefficient (Wildman–Crippen LogP) is 3.79. The molecule has 0 fully saturated rings. The predicted molar refractivity (Wildman–Crippen MR) is 84.8 cm³/mol. The van der Waals surface area contributed by atoms with Crippen LogP contribution in [0, 0.1) is 0 Å². The van der Waals surface area contributed by atoms with Gasteiger partial charge in [0.05, 0.1) is 18.3 Å². The maximum absolute atomic E-state index is 9.85. The van der Waals surface area contributed by atoms with Crippen molar-refractivity contribution in [1.82, 2.24) is 0 Å². The van der Waals surface area contributed by atoms with Crippen LogP contribution in [0.1, 0.15) is 90.9 Å². The number of aliphatic hydroxyl groups excluding tert-OH is 3. The molecule has 0 amide bonds. The molecule has 0 heterocycles. The zero-order chi connectivity index (χ0) is 15.2. The minimum Gasteiger partial charge on any atom is -0.393 e. The van der Waals surface area contributed by atoms with Crippen LogP contribution >= 0.6 is 0 Å². The molecule has 1 unspecified atom stereocenters. The Morgan fingerprint density at radius 1 is 0.650 bits per heavy atom. The standard InChI is InChI=1S/C17H36O3/c1-3-4-5-6-7-8-9-12-16(19)13-10-11-14-17(20)15(2)18/h15-20H,3-14H2,1-2H3/t15-,16?,17+/m0/s1. The van der Waals surface area contributed by atoms with Crippen molar-refractivity contribution in [2.45, 2.75) is 109 Å². The zero-order valence-corrected chi connectivity index (χ0v) is 13.6. The molecule has 0 saturated heterocycles. The summed E-state index contributed by atoms with van der Waals surface area (Å²) in [6.45, 7) is 3.84. The molecular formula is C17H36O3. The van der Waals surface area contributed by atoms with E-state index in [0.717, 1.165) is 32.1 Å². The Labute approximate surface area is 125 Å². The molecule has 0 aromatic heterocycles. The average molecular weight is 288 g/mol. The summed E-state index contributed by atoms with van der Waals surface area (Å²) in [5, 5.41) is 28.4. The van der Waals surface area contributed by atoms with Crippen molar-refractivity contribution in [2.75, 3.05) is 0 Å². The van der Waals surface area contributed by atoms with Crippen LogP contribution in [0.25, 0.3) is 0 Å². The van der Waals surface area contributed by atoms with E-state index in [4.69, 9.17) is 5.11 Å². The van der Waals surface area contributed by atoms with E-state index in [0.29, 0.717) is 6.42 Å². The summed E-state index contributed by atoms with van der Waals surface area (Å²) in [6, 6.07) is 0. The van der Waals surface area contributed by atoms with Gasteiger partial charge in [0, 0.05) is 0 Å². The third kappa shape index (κ3) is 12.9. The molecule has 20 heavy (non-hydrogen) atoms. The van der Waals surface area contributed by atoms with Crippen LogP contribution in [-0.4, -0.2) is 33.6 Å². The summed E-state index contributed by atoms with van der Waals surface area (Å²) >= 11 is 0. The number of hydrogen-bond acceptors (Lipinski definition) is 3. The third-order valence-electron chi connectivity index (χ3n) is 3.98. The Kier molecular flexibility index (Phi) is 13.8. The van der Waals surface area contributed by atoms with Gasteiger partial charge < -0.3 is 15.3 Å². The van der Waals surface area contributed by atoms with E-state index in [2.05, 4.69) is 6.92 Å². The van der Waals surface area contributed by atoms with Gasteiger partial charge in [-0.15, -0.1) is 0 Å². The highest BCUT2D eigenvalue weighted by Gasteiger charge is 2.10. The van der Waals surface area contributed by atoms with E-state index in [1.807, 2.05) is 0 Å². The minimum absolute atomic E-state index is 0.186. The van der Waals surface area contributed by atoms with E-state index in [9.17, 15) is 10.2 Å². The topological polar surface area (TPSA) is 60.7 Å². The van der Waals surface area contributed by atoms with Crippen molar-refractivity contribution in [3.63, 3.8) is 0 Å². The Bertz CT molecular complexity index is 195. The quantitative estimate of drug-likeness (QED) is 0.426. The van der Waals surface area contributed by atoms with Crippen molar-refractivity contribution in [3.05, 3.63) is 0 Å². The Morgan fingerprint density at radius 2 is 1.10 bits per heavy atom. The van der Waals surface area contributed by atoms with Crippen LogP contribution in [0.15, 0.2) is 0 Å². The summed E-state index contributed by atoms with van der Waals surface area (Å²) in [6.07, 6.45) is 11.7. The molecule has 0 bridgehead atoms. The first kappa shape index (κ1) is 19.9. The van der Waals surface area contributed by atoms with E-state index in [1.54, 1.807) is 6.92 Å². The molecule has 3 atom stereocenters. The molecule has 0 saturated carbocycles. The fraction of sp³-hybridized carbons (Fsp3) is 1.00. The number of aliphatic hydroxyl groups is 3. The van der Waals surface area contributed by atoms with Gasteiger partial charge in [0.15, 0.2) is 0 Å². The molecule has 122 valence electrons. The summed E-state index contributed by atoms with van der Waals surface area (Å²) in [5.74, 6) is 0. The highest BCUT2D eigenvalue weighted by atomic mass is 16.3. The van der Waals surface area contributed by atoms with Crippen LogP contribution in [0.2, 0.25) is 0 Å². The van der Waals surface area contributed by atoms with Gasteiger partial charge in [-0.25, -0.2) is 0 Å². The smallest absolute Gasteiger partial charge is 0.0796 e. The maximum atomic E-state index is 9.85. The average Bonchev–Trinajstić information content (AvgIpc) is 2.42. The second-order valence-electron chi connectivity index (χ2n) is 6.16. The minimum atomic E-state index is -0.646. The first-order valence-corrected chi connectivity index (χ1v) is 8.62. The van der Waals surface area contributed by atoms with Gasteiger partial charge in [0.25, 0.3) is 0 Å². The van der Waals surface area contributed by atoms with Gasteiger partial charge in [-0.05, 0) is 26.2 Å². The summed E-state index contributed by atoms with van der Waals surface area (Å²) in [7, 11) is 0. The molecule has 0 aromatic rings. The largest absolute Gasteiger partial charge is 0.393 e.